The summed E-state index contributed by atoms with van der Waals surface area (Å²) in [5, 5.41) is 10.6. The maximum atomic E-state index is 11.3. The molecule has 1 saturated heterocycles. The van der Waals surface area contributed by atoms with E-state index in [0.717, 1.165) is 31.6 Å². The summed E-state index contributed by atoms with van der Waals surface area (Å²) in [6.07, 6.45) is 4.60. The van der Waals surface area contributed by atoms with E-state index in [9.17, 15) is 4.79 Å². The Morgan fingerprint density at radius 3 is 3.31 bits per heavy atom. The van der Waals surface area contributed by atoms with Crippen molar-refractivity contribution < 1.29 is 4.79 Å². The van der Waals surface area contributed by atoms with E-state index in [1.54, 1.807) is 4.68 Å². The van der Waals surface area contributed by atoms with Crippen molar-refractivity contribution in [1.29, 1.82) is 0 Å². The molecule has 0 aromatic carbocycles. The molecule has 1 unspecified atom stereocenters. The number of hydrogen-bond acceptors (Lipinski definition) is 3. The minimum absolute atomic E-state index is 0.149. The highest BCUT2D eigenvalue weighted by atomic mass is 16.1. The van der Waals surface area contributed by atoms with Gasteiger partial charge in [0.15, 0.2) is 0 Å². The summed E-state index contributed by atoms with van der Waals surface area (Å²) in [6.45, 7) is 1.54. The number of rotatable bonds is 3. The Bertz CT molecular complexity index is 361. The first-order chi connectivity index (χ1) is 7.74. The zero-order valence-corrected chi connectivity index (χ0v) is 9.57. The maximum Gasteiger partial charge on any atom is 0.221 e. The van der Waals surface area contributed by atoms with Gasteiger partial charge in [0.05, 0.1) is 5.69 Å². The van der Waals surface area contributed by atoms with Crippen LogP contribution in [-0.2, 0) is 18.4 Å². The van der Waals surface area contributed by atoms with Crippen molar-refractivity contribution in [3.63, 3.8) is 0 Å². The van der Waals surface area contributed by atoms with Crippen molar-refractivity contribution in [3.05, 3.63) is 18.0 Å². The van der Waals surface area contributed by atoms with Gasteiger partial charge >= 0.3 is 0 Å². The van der Waals surface area contributed by atoms with E-state index in [-0.39, 0.29) is 11.9 Å². The van der Waals surface area contributed by atoms with Crippen LogP contribution in [0.25, 0.3) is 0 Å². The molecule has 16 heavy (non-hydrogen) atoms. The van der Waals surface area contributed by atoms with Crippen LogP contribution < -0.4 is 10.6 Å². The van der Waals surface area contributed by atoms with Gasteiger partial charge in [0.2, 0.25) is 5.91 Å². The first-order valence-corrected chi connectivity index (χ1v) is 5.72. The summed E-state index contributed by atoms with van der Waals surface area (Å²) in [7, 11) is 1.91. The molecule has 2 heterocycles. The second-order valence-electron chi connectivity index (χ2n) is 4.25. The van der Waals surface area contributed by atoms with Crippen LogP contribution in [0.2, 0.25) is 0 Å². The third kappa shape index (κ3) is 3.06. The minimum atomic E-state index is 0.149. The van der Waals surface area contributed by atoms with Crippen LogP contribution in [0.4, 0.5) is 0 Å². The van der Waals surface area contributed by atoms with E-state index in [1.807, 2.05) is 19.3 Å². The Hall–Kier alpha value is -1.36. The molecule has 0 bridgehead atoms. The fourth-order valence-electron chi connectivity index (χ4n) is 1.95. The highest BCUT2D eigenvalue weighted by Crippen LogP contribution is 2.06. The number of aryl methyl sites for hydroxylation is 1. The van der Waals surface area contributed by atoms with Gasteiger partial charge in [-0.1, -0.05) is 0 Å². The highest BCUT2D eigenvalue weighted by molar-refractivity contribution is 5.76. The number of hydrogen-bond donors (Lipinski definition) is 2. The van der Waals surface area contributed by atoms with Crippen molar-refractivity contribution in [2.45, 2.75) is 31.8 Å². The van der Waals surface area contributed by atoms with Gasteiger partial charge in [0, 0.05) is 38.8 Å². The van der Waals surface area contributed by atoms with Gasteiger partial charge in [-0.3, -0.25) is 9.48 Å². The second-order valence-corrected chi connectivity index (χ2v) is 4.25. The summed E-state index contributed by atoms with van der Waals surface area (Å²) in [5.74, 6) is 0.149. The van der Waals surface area contributed by atoms with Gasteiger partial charge in [-0.05, 0) is 18.9 Å². The van der Waals surface area contributed by atoms with E-state index in [4.69, 9.17) is 0 Å². The number of nitrogens with one attached hydrogen (secondary N) is 2. The first-order valence-electron chi connectivity index (χ1n) is 5.72. The Labute approximate surface area is 95.2 Å². The summed E-state index contributed by atoms with van der Waals surface area (Å²) >= 11 is 0. The van der Waals surface area contributed by atoms with Crippen LogP contribution in [0.1, 0.15) is 25.0 Å². The third-order valence-electron chi connectivity index (χ3n) is 2.82. The quantitative estimate of drug-likeness (QED) is 0.767. The van der Waals surface area contributed by atoms with Crippen molar-refractivity contribution in [2.24, 2.45) is 7.05 Å². The Balaban J connectivity index is 1.82. The number of amides is 1. The smallest absolute Gasteiger partial charge is 0.221 e. The lowest BCUT2D eigenvalue weighted by Crippen LogP contribution is -2.32. The van der Waals surface area contributed by atoms with Gasteiger partial charge < -0.3 is 10.6 Å². The monoisotopic (exact) mass is 222 g/mol. The highest BCUT2D eigenvalue weighted by Gasteiger charge is 2.16. The average Bonchev–Trinajstić information content (AvgIpc) is 2.55. The molecule has 1 atom stereocenters. The fourth-order valence-corrected chi connectivity index (χ4v) is 1.95. The molecular weight excluding hydrogens is 204 g/mol. The number of nitrogens with zero attached hydrogens (tertiary/aromatic N) is 2. The summed E-state index contributed by atoms with van der Waals surface area (Å²) in [4.78, 5) is 11.3. The van der Waals surface area contributed by atoms with E-state index in [0.29, 0.717) is 6.42 Å². The lowest BCUT2D eigenvalue weighted by Gasteiger charge is -2.13. The van der Waals surface area contributed by atoms with Crippen LogP contribution in [-0.4, -0.2) is 28.3 Å². The normalized spacial score (nSPS) is 21.6. The van der Waals surface area contributed by atoms with Gasteiger partial charge in [-0.15, -0.1) is 0 Å². The molecule has 0 aliphatic carbocycles. The standard InChI is InChI=1S/C11H18N4O/c1-15-6-4-10(14-15)8-13-9-3-2-5-12-11(16)7-9/h4,6,9,13H,2-3,5,7-8H2,1H3,(H,12,16). The molecule has 1 aromatic rings. The van der Waals surface area contributed by atoms with Gasteiger partial charge in [0.25, 0.3) is 0 Å². The molecular formula is C11H18N4O. The fraction of sp³-hybridized carbons (Fsp3) is 0.636. The SMILES string of the molecule is Cn1ccc(CNC2CCCNC(=O)C2)n1. The molecule has 1 fully saturated rings. The zero-order chi connectivity index (χ0) is 11.4. The Kier molecular flexibility index (Phi) is 3.56. The lowest BCUT2D eigenvalue weighted by molar-refractivity contribution is -0.121. The second kappa shape index (κ2) is 5.12. The third-order valence-corrected chi connectivity index (χ3v) is 2.82. The van der Waals surface area contributed by atoms with E-state index >= 15 is 0 Å². The molecule has 0 radical (unpaired) electrons. The zero-order valence-electron chi connectivity index (χ0n) is 9.57. The predicted octanol–water partition coefficient (Wildman–Crippen LogP) is 0.178. The molecule has 5 nitrogen and oxygen atoms in total. The van der Waals surface area contributed by atoms with Crippen LogP contribution in [0, 0.1) is 0 Å². The number of carbonyl (C=O) groups is 1. The summed E-state index contributed by atoms with van der Waals surface area (Å²) in [5.41, 5.74) is 1.02. The molecule has 5 heteroatoms. The number of carbonyl (C=O) groups excluding carboxylic acids is 1. The minimum Gasteiger partial charge on any atom is -0.356 e. The molecule has 1 amide bonds. The van der Waals surface area contributed by atoms with Crippen LogP contribution in [0.5, 0.6) is 0 Å². The predicted molar refractivity (Wildman–Crippen MR) is 60.7 cm³/mol. The van der Waals surface area contributed by atoms with Crippen LogP contribution >= 0.6 is 0 Å². The van der Waals surface area contributed by atoms with Crippen molar-refractivity contribution in [3.8, 4) is 0 Å². The topological polar surface area (TPSA) is 59.0 Å². The maximum absolute atomic E-state index is 11.3. The molecule has 88 valence electrons. The van der Waals surface area contributed by atoms with E-state index in [1.165, 1.54) is 0 Å². The molecule has 0 saturated carbocycles. The van der Waals surface area contributed by atoms with E-state index in [2.05, 4.69) is 15.7 Å². The van der Waals surface area contributed by atoms with Gasteiger partial charge in [-0.2, -0.15) is 5.10 Å². The Morgan fingerprint density at radius 1 is 1.69 bits per heavy atom. The lowest BCUT2D eigenvalue weighted by atomic mass is 10.1. The molecule has 1 aliphatic rings. The molecule has 2 N–H and O–H groups in total. The molecule has 1 aromatic heterocycles. The van der Waals surface area contributed by atoms with E-state index < -0.39 is 0 Å². The van der Waals surface area contributed by atoms with Gasteiger partial charge in [0.1, 0.15) is 0 Å². The molecule has 0 spiro atoms. The summed E-state index contributed by atoms with van der Waals surface area (Å²) < 4.78 is 1.79. The number of aromatic nitrogens is 2. The average molecular weight is 222 g/mol. The van der Waals surface area contributed by atoms with Crippen LogP contribution in [0.3, 0.4) is 0 Å². The Morgan fingerprint density at radius 2 is 2.56 bits per heavy atom. The van der Waals surface area contributed by atoms with Crippen molar-refractivity contribution in [1.82, 2.24) is 20.4 Å². The molecule has 1 aliphatic heterocycles. The molecule has 2 rings (SSSR count). The largest absolute Gasteiger partial charge is 0.356 e. The van der Waals surface area contributed by atoms with Crippen LogP contribution in [0.15, 0.2) is 12.3 Å². The first kappa shape index (κ1) is 11.1. The van der Waals surface area contributed by atoms with Gasteiger partial charge in [-0.25, -0.2) is 0 Å². The van der Waals surface area contributed by atoms with Crippen molar-refractivity contribution in [2.75, 3.05) is 6.54 Å². The summed E-state index contributed by atoms with van der Waals surface area (Å²) in [6, 6.07) is 2.27. The van der Waals surface area contributed by atoms with Crippen molar-refractivity contribution >= 4 is 5.91 Å².